The zero-order valence-electron chi connectivity index (χ0n) is 22.2. The number of rotatable bonds is 8. The van der Waals surface area contributed by atoms with Crippen molar-refractivity contribution in [3.8, 4) is 0 Å². The normalized spacial score (nSPS) is 16.2. The first-order valence-electron chi connectivity index (χ1n) is 12.3. The van der Waals surface area contributed by atoms with E-state index in [1.165, 1.54) is 23.1 Å². The molecule has 2 atom stereocenters. The minimum atomic E-state index is -3.54. The number of carbonyl (C=O) groups excluding carboxylic acids is 2. The molecule has 0 unspecified atom stereocenters. The number of aromatic nitrogens is 3. The average Bonchev–Trinajstić information content (AvgIpc) is 3.43. The molecule has 0 radical (unpaired) electrons. The predicted octanol–water partition coefficient (Wildman–Crippen LogP) is 2.86. The van der Waals surface area contributed by atoms with Crippen molar-refractivity contribution in [2.45, 2.75) is 38.8 Å². The lowest BCUT2D eigenvalue weighted by atomic mass is 10.1. The predicted molar refractivity (Wildman–Crippen MR) is 155 cm³/mol. The van der Waals surface area contributed by atoms with E-state index < -0.39 is 33.4 Å². The fraction of sp³-hybridized carbons (Fsp3) is 0.440. The Morgan fingerprint density at radius 1 is 1.31 bits per heavy atom. The number of hydrogen-bond donors (Lipinski definition) is 2. The number of sulfone groups is 1. The molecule has 0 aliphatic carbocycles. The number of fused-ring (bicyclic) bond motifs is 1. The quantitative estimate of drug-likeness (QED) is 0.403. The summed E-state index contributed by atoms with van der Waals surface area (Å²) in [7, 11) is -1.89. The first-order chi connectivity index (χ1) is 17.9. The molecule has 0 saturated carbocycles. The summed E-state index contributed by atoms with van der Waals surface area (Å²) in [6.07, 6.45) is 4.37. The van der Waals surface area contributed by atoms with E-state index in [1.54, 1.807) is 11.6 Å². The van der Waals surface area contributed by atoms with Gasteiger partial charge in [-0.15, -0.1) is 12.4 Å². The second kappa shape index (κ2) is 12.1. The van der Waals surface area contributed by atoms with Gasteiger partial charge in [-0.05, 0) is 38.0 Å². The molecule has 212 valence electrons. The Balaban J connectivity index is 0.00000420. The van der Waals surface area contributed by atoms with Crippen molar-refractivity contribution >= 4 is 62.8 Å². The number of nitrogens with two attached hydrogens (primary N) is 1. The van der Waals surface area contributed by atoms with Gasteiger partial charge in [0.25, 0.3) is 5.91 Å². The molecule has 3 heterocycles. The van der Waals surface area contributed by atoms with Gasteiger partial charge in [0, 0.05) is 55.3 Å². The maximum absolute atomic E-state index is 13.6. The number of benzene rings is 1. The molecule has 1 fully saturated rings. The van der Waals surface area contributed by atoms with Crippen molar-refractivity contribution in [3.63, 3.8) is 0 Å². The Bertz CT molecular complexity index is 1500. The van der Waals surface area contributed by atoms with Gasteiger partial charge in [0.05, 0.1) is 23.0 Å². The SMILES string of the molecule is CC[C@@H](c1cc2nc(N3CC[C@H](N)C3)c(C)cn2n1)N(C)C(=O)c1cc(Cl)ccc1NC(=O)CS(C)(=O)=O.Cl. The lowest BCUT2D eigenvalue weighted by Crippen LogP contribution is -2.32. The van der Waals surface area contributed by atoms with Crippen LogP contribution in [0.3, 0.4) is 0 Å². The molecule has 2 aromatic heterocycles. The largest absolute Gasteiger partial charge is 0.355 e. The molecule has 4 rings (SSSR count). The fourth-order valence-electron chi connectivity index (χ4n) is 4.72. The summed E-state index contributed by atoms with van der Waals surface area (Å²) >= 11 is 6.17. The number of aryl methyl sites for hydroxylation is 1. The van der Waals surface area contributed by atoms with Gasteiger partial charge in [-0.3, -0.25) is 9.59 Å². The molecule has 1 aliphatic rings. The minimum Gasteiger partial charge on any atom is -0.355 e. The Hall–Kier alpha value is -2.93. The highest BCUT2D eigenvalue weighted by Gasteiger charge is 2.28. The fourth-order valence-corrected chi connectivity index (χ4v) is 5.44. The van der Waals surface area contributed by atoms with E-state index in [0.29, 0.717) is 22.8 Å². The first kappa shape index (κ1) is 30.6. The summed E-state index contributed by atoms with van der Waals surface area (Å²) in [4.78, 5) is 34.4. The maximum atomic E-state index is 13.6. The van der Waals surface area contributed by atoms with Crippen LogP contribution < -0.4 is 16.0 Å². The molecule has 11 nitrogen and oxygen atoms in total. The van der Waals surface area contributed by atoms with E-state index in [1.807, 2.05) is 26.1 Å². The standard InChI is InChI=1S/C25H32ClN7O4S.ClH/c1-5-21(20-11-22-29-24(15(2)12-33(22)30-20)32-9-8-17(27)13-32)31(3)25(35)18-10-16(26)6-7-19(18)28-23(34)14-38(4,36)37;/h6-7,10-12,17,21H,5,8-9,13-14,27H2,1-4H3,(H,28,34);1H/t17-,21-;/m0./s1. The molecule has 3 aromatic rings. The molecular weight excluding hydrogens is 565 g/mol. The van der Waals surface area contributed by atoms with Crippen LogP contribution >= 0.6 is 24.0 Å². The van der Waals surface area contributed by atoms with Crippen LogP contribution in [0.2, 0.25) is 5.02 Å². The third kappa shape index (κ3) is 6.99. The molecule has 1 aliphatic heterocycles. The summed E-state index contributed by atoms with van der Waals surface area (Å²) in [6.45, 7) is 5.53. The Labute approximate surface area is 239 Å². The second-order valence-electron chi connectivity index (χ2n) is 9.76. The summed E-state index contributed by atoms with van der Waals surface area (Å²) in [5.41, 5.74) is 8.71. The zero-order chi connectivity index (χ0) is 27.8. The Morgan fingerprint density at radius 2 is 2.03 bits per heavy atom. The van der Waals surface area contributed by atoms with Crippen molar-refractivity contribution < 1.29 is 18.0 Å². The van der Waals surface area contributed by atoms with Crippen LogP contribution in [0.15, 0.2) is 30.5 Å². The second-order valence-corrected chi connectivity index (χ2v) is 12.3. The minimum absolute atomic E-state index is 0. The van der Waals surface area contributed by atoms with E-state index in [-0.39, 0.29) is 29.7 Å². The van der Waals surface area contributed by atoms with Crippen molar-refractivity contribution in [2.24, 2.45) is 5.73 Å². The van der Waals surface area contributed by atoms with Gasteiger partial charge < -0.3 is 20.9 Å². The van der Waals surface area contributed by atoms with Gasteiger partial charge in [-0.1, -0.05) is 18.5 Å². The first-order valence-corrected chi connectivity index (χ1v) is 14.7. The molecule has 2 amide bonds. The van der Waals surface area contributed by atoms with Gasteiger partial charge in [-0.25, -0.2) is 17.9 Å². The molecule has 0 bridgehead atoms. The van der Waals surface area contributed by atoms with E-state index in [4.69, 9.17) is 27.4 Å². The molecule has 3 N–H and O–H groups in total. The lowest BCUT2D eigenvalue weighted by Gasteiger charge is -2.27. The van der Waals surface area contributed by atoms with Crippen LogP contribution in [0.25, 0.3) is 5.65 Å². The molecule has 14 heteroatoms. The van der Waals surface area contributed by atoms with Gasteiger partial charge in [0.1, 0.15) is 11.6 Å². The Morgan fingerprint density at radius 3 is 2.64 bits per heavy atom. The van der Waals surface area contributed by atoms with Crippen LogP contribution in [-0.4, -0.2) is 77.9 Å². The lowest BCUT2D eigenvalue weighted by molar-refractivity contribution is -0.113. The summed E-state index contributed by atoms with van der Waals surface area (Å²) in [5.74, 6) is -0.963. The van der Waals surface area contributed by atoms with Gasteiger partial charge in [0.15, 0.2) is 15.5 Å². The van der Waals surface area contributed by atoms with E-state index in [9.17, 15) is 18.0 Å². The molecular formula is C25H33Cl2N7O4S. The van der Waals surface area contributed by atoms with E-state index >= 15 is 0 Å². The highest BCUT2D eigenvalue weighted by Crippen LogP contribution is 2.29. The van der Waals surface area contributed by atoms with Crippen LogP contribution in [0.1, 0.15) is 47.4 Å². The van der Waals surface area contributed by atoms with Crippen LogP contribution in [-0.2, 0) is 14.6 Å². The van der Waals surface area contributed by atoms with Crippen molar-refractivity contribution in [3.05, 3.63) is 52.3 Å². The highest BCUT2D eigenvalue weighted by atomic mass is 35.5. The van der Waals surface area contributed by atoms with E-state index in [2.05, 4.69) is 10.2 Å². The smallest absolute Gasteiger partial charge is 0.256 e. The third-order valence-corrected chi connectivity index (χ3v) is 7.57. The van der Waals surface area contributed by atoms with Gasteiger partial charge in [-0.2, -0.15) is 5.10 Å². The summed E-state index contributed by atoms with van der Waals surface area (Å²) in [6, 6.07) is 6.05. The summed E-state index contributed by atoms with van der Waals surface area (Å²) < 4.78 is 24.8. The van der Waals surface area contributed by atoms with Gasteiger partial charge in [0.2, 0.25) is 5.91 Å². The third-order valence-electron chi connectivity index (χ3n) is 6.54. The molecule has 1 aromatic carbocycles. The van der Waals surface area contributed by atoms with Crippen molar-refractivity contribution in [1.29, 1.82) is 0 Å². The van der Waals surface area contributed by atoms with Crippen LogP contribution in [0.5, 0.6) is 0 Å². The maximum Gasteiger partial charge on any atom is 0.256 e. The van der Waals surface area contributed by atoms with Gasteiger partial charge >= 0.3 is 0 Å². The number of halogens is 2. The Kier molecular flexibility index (Phi) is 9.47. The average molecular weight is 599 g/mol. The highest BCUT2D eigenvalue weighted by molar-refractivity contribution is 7.91. The number of anilines is 2. The monoisotopic (exact) mass is 597 g/mol. The number of nitrogens with one attached hydrogen (secondary N) is 1. The number of nitrogens with zero attached hydrogens (tertiary/aromatic N) is 5. The molecule has 1 saturated heterocycles. The summed E-state index contributed by atoms with van der Waals surface area (Å²) in [5, 5.41) is 7.53. The van der Waals surface area contributed by atoms with Crippen LogP contribution in [0, 0.1) is 6.92 Å². The van der Waals surface area contributed by atoms with E-state index in [0.717, 1.165) is 37.1 Å². The number of hydrogen-bond acceptors (Lipinski definition) is 8. The molecule has 0 spiro atoms. The molecule has 39 heavy (non-hydrogen) atoms. The number of carbonyl (C=O) groups is 2. The number of amides is 2. The topological polar surface area (TPSA) is 143 Å². The van der Waals surface area contributed by atoms with Crippen LogP contribution in [0.4, 0.5) is 11.5 Å². The zero-order valence-corrected chi connectivity index (χ0v) is 24.6. The van der Waals surface area contributed by atoms with Crippen molar-refractivity contribution in [2.75, 3.05) is 42.4 Å². The van der Waals surface area contributed by atoms with Crippen molar-refractivity contribution in [1.82, 2.24) is 19.5 Å².